The van der Waals surface area contributed by atoms with Gasteiger partial charge in [0.25, 0.3) is 0 Å². The number of halogens is 1. The van der Waals surface area contributed by atoms with Crippen molar-refractivity contribution in [2.24, 2.45) is 0 Å². The van der Waals surface area contributed by atoms with Gasteiger partial charge in [-0.3, -0.25) is 0 Å². The highest BCUT2D eigenvalue weighted by atomic mass is 31.2. The van der Waals surface area contributed by atoms with Crippen LogP contribution in [-0.2, 0) is 10.7 Å². The molecule has 0 saturated carbocycles. The lowest BCUT2D eigenvalue weighted by Gasteiger charge is -2.29. The quantitative estimate of drug-likeness (QED) is 0.652. The van der Waals surface area contributed by atoms with E-state index in [0.29, 0.717) is 0 Å². The van der Waals surface area contributed by atoms with E-state index in [2.05, 4.69) is 0 Å². The fraction of sp³-hybridized carbons (Fsp3) is 0.125. The Labute approximate surface area is 79.8 Å². The minimum absolute atomic E-state index is 0.0508. The summed E-state index contributed by atoms with van der Waals surface area (Å²) in [5, 5.41) is 8.37. The van der Waals surface area contributed by atoms with Crippen LogP contribution in [0.1, 0.15) is 11.1 Å². The molecule has 0 fully saturated rings. The van der Waals surface area contributed by atoms with Gasteiger partial charge < -0.3 is 14.4 Å². The third kappa shape index (κ3) is 2.93. The van der Waals surface area contributed by atoms with Gasteiger partial charge in [-0.2, -0.15) is 5.26 Å². The van der Waals surface area contributed by atoms with Crippen LogP contribution < -0.4 is 9.79 Å². The molecule has 0 amide bonds. The molecule has 0 aliphatic heterocycles. The Morgan fingerprint density at radius 3 is 2.57 bits per heavy atom. The van der Waals surface area contributed by atoms with E-state index in [9.17, 15) is 18.7 Å². The van der Waals surface area contributed by atoms with Gasteiger partial charge in [0.05, 0.1) is 5.56 Å². The summed E-state index contributed by atoms with van der Waals surface area (Å²) in [5.74, 6) is -0.821. The summed E-state index contributed by atoms with van der Waals surface area (Å²) in [6.45, 7) is 0. The Kier molecular flexibility index (Phi) is 3.02. The minimum Gasteiger partial charge on any atom is -0.810 e. The molecule has 0 atom stereocenters. The zero-order chi connectivity index (χ0) is 10.8. The number of rotatable bonds is 2. The van der Waals surface area contributed by atoms with E-state index in [1.165, 1.54) is 6.07 Å². The van der Waals surface area contributed by atoms with Crippen LogP contribution in [0.4, 0.5) is 4.39 Å². The van der Waals surface area contributed by atoms with E-state index in [0.717, 1.165) is 12.1 Å². The van der Waals surface area contributed by atoms with Gasteiger partial charge in [-0.05, 0) is 17.7 Å². The molecule has 6 heteroatoms. The Hall–Kier alpha value is -1.21. The molecule has 0 spiro atoms. The van der Waals surface area contributed by atoms with Crippen LogP contribution in [0, 0.1) is 17.1 Å². The average molecular weight is 213 g/mol. The lowest BCUT2D eigenvalue weighted by Crippen LogP contribution is -2.15. The van der Waals surface area contributed by atoms with E-state index in [-0.39, 0.29) is 11.1 Å². The topological polar surface area (TPSA) is 87.0 Å². The number of hydrogen-bond acceptors (Lipinski definition) is 4. The van der Waals surface area contributed by atoms with Crippen molar-refractivity contribution in [3.8, 4) is 6.07 Å². The average Bonchev–Trinajstić information content (AvgIpc) is 2.01. The monoisotopic (exact) mass is 213 g/mol. The maximum absolute atomic E-state index is 12.9. The summed E-state index contributed by atoms with van der Waals surface area (Å²) in [5.41, 5.74) is -0.129. The van der Waals surface area contributed by atoms with Crippen LogP contribution in [0.3, 0.4) is 0 Å². The Balaban J connectivity index is 3.00. The molecule has 0 aliphatic carbocycles. The number of benzene rings is 1. The first-order valence-electron chi connectivity index (χ1n) is 3.62. The van der Waals surface area contributed by atoms with Crippen LogP contribution in [0.5, 0.6) is 0 Å². The lowest BCUT2D eigenvalue weighted by atomic mass is 10.1. The standard InChI is InChI=1S/C8H7FNO3P/c9-8-3-6(5-14(11,12)13)1-2-7(8)4-10/h1-3H,5H2,(H2,11,12,13)/p-2. The van der Waals surface area contributed by atoms with Gasteiger partial charge in [0.1, 0.15) is 11.9 Å². The molecule has 14 heavy (non-hydrogen) atoms. The molecule has 0 aliphatic rings. The lowest BCUT2D eigenvalue weighted by molar-refractivity contribution is -0.314. The van der Waals surface area contributed by atoms with Crippen molar-refractivity contribution in [1.82, 2.24) is 0 Å². The second-order valence-electron chi connectivity index (χ2n) is 2.70. The Morgan fingerprint density at radius 2 is 2.14 bits per heavy atom. The van der Waals surface area contributed by atoms with E-state index < -0.39 is 19.6 Å². The van der Waals surface area contributed by atoms with Crippen LogP contribution in [-0.4, -0.2) is 0 Å². The third-order valence-electron chi connectivity index (χ3n) is 1.53. The molecule has 0 aromatic heterocycles. The molecule has 1 aromatic rings. The van der Waals surface area contributed by atoms with Crippen molar-refractivity contribution in [3.05, 3.63) is 35.1 Å². The summed E-state index contributed by atoms with van der Waals surface area (Å²) in [6.07, 6.45) is -0.740. The van der Waals surface area contributed by atoms with E-state index in [1.807, 2.05) is 0 Å². The molecular formula is C8H5FNO3P-2. The normalized spacial score (nSPS) is 11.0. The van der Waals surface area contributed by atoms with Crippen molar-refractivity contribution in [1.29, 1.82) is 5.26 Å². The molecule has 1 rings (SSSR count). The highest BCUT2D eigenvalue weighted by Gasteiger charge is 2.03. The Morgan fingerprint density at radius 1 is 1.50 bits per heavy atom. The zero-order valence-corrected chi connectivity index (χ0v) is 7.83. The first kappa shape index (κ1) is 10.9. The Bertz CT molecular complexity index is 435. The number of hydrogen-bond donors (Lipinski definition) is 0. The van der Waals surface area contributed by atoms with Crippen LogP contribution in [0.25, 0.3) is 0 Å². The van der Waals surface area contributed by atoms with Crippen LogP contribution in [0.15, 0.2) is 18.2 Å². The van der Waals surface area contributed by atoms with Gasteiger partial charge in [-0.15, -0.1) is 0 Å². The van der Waals surface area contributed by atoms with E-state index >= 15 is 0 Å². The maximum Gasteiger partial charge on any atom is 0.141 e. The van der Waals surface area contributed by atoms with Gasteiger partial charge in [-0.1, -0.05) is 13.7 Å². The summed E-state index contributed by atoms with van der Waals surface area (Å²) < 4.78 is 23.3. The fourth-order valence-electron chi connectivity index (χ4n) is 0.971. The van der Waals surface area contributed by atoms with Crippen molar-refractivity contribution in [3.63, 3.8) is 0 Å². The van der Waals surface area contributed by atoms with Gasteiger partial charge in [0, 0.05) is 6.16 Å². The molecule has 4 nitrogen and oxygen atoms in total. The predicted molar refractivity (Wildman–Crippen MR) is 42.4 cm³/mol. The van der Waals surface area contributed by atoms with Crippen molar-refractivity contribution in [2.45, 2.75) is 6.16 Å². The van der Waals surface area contributed by atoms with Crippen LogP contribution >= 0.6 is 7.60 Å². The number of nitriles is 1. The molecule has 0 unspecified atom stereocenters. The molecule has 0 N–H and O–H groups in total. The molecule has 1 aromatic carbocycles. The zero-order valence-electron chi connectivity index (χ0n) is 6.94. The second-order valence-corrected chi connectivity index (χ2v) is 4.23. The first-order valence-corrected chi connectivity index (χ1v) is 5.35. The van der Waals surface area contributed by atoms with E-state index in [4.69, 9.17) is 5.26 Å². The SMILES string of the molecule is N#Cc1ccc(CP(=O)([O-])[O-])cc1F. The largest absolute Gasteiger partial charge is 0.810 e. The summed E-state index contributed by atoms with van der Waals surface area (Å²) in [4.78, 5) is 20.7. The van der Waals surface area contributed by atoms with Crippen molar-refractivity contribution in [2.75, 3.05) is 0 Å². The summed E-state index contributed by atoms with van der Waals surface area (Å²) >= 11 is 0. The highest BCUT2D eigenvalue weighted by molar-refractivity contribution is 7.47. The fourth-order valence-corrected chi connectivity index (χ4v) is 1.62. The predicted octanol–water partition coefficient (Wildman–Crippen LogP) is 0.111. The first-order chi connectivity index (χ1) is 6.42. The van der Waals surface area contributed by atoms with Gasteiger partial charge >= 0.3 is 0 Å². The number of nitrogens with zero attached hydrogens (tertiary/aromatic N) is 1. The summed E-state index contributed by atoms with van der Waals surface area (Å²) in [6, 6.07) is 4.84. The molecule has 0 radical (unpaired) electrons. The van der Waals surface area contributed by atoms with E-state index in [1.54, 1.807) is 6.07 Å². The minimum atomic E-state index is -4.68. The maximum atomic E-state index is 12.9. The molecule has 0 heterocycles. The second kappa shape index (κ2) is 3.89. The van der Waals surface area contributed by atoms with Crippen molar-refractivity contribution < 1.29 is 18.7 Å². The molecule has 74 valence electrons. The molecule has 0 saturated heterocycles. The van der Waals surface area contributed by atoms with Gasteiger partial charge in [-0.25, -0.2) is 4.39 Å². The summed E-state index contributed by atoms with van der Waals surface area (Å²) in [7, 11) is -4.68. The van der Waals surface area contributed by atoms with Gasteiger partial charge in [0.2, 0.25) is 0 Å². The van der Waals surface area contributed by atoms with Gasteiger partial charge in [0.15, 0.2) is 0 Å². The van der Waals surface area contributed by atoms with Crippen molar-refractivity contribution >= 4 is 7.60 Å². The van der Waals surface area contributed by atoms with Crippen LogP contribution in [0.2, 0.25) is 0 Å². The molecule has 0 bridgehead atoms. The third-order valence-corrected chi connectivity index (χ3v) is 2.28. The molecular weight excluding hydrogens is 208 g/mol. The smallest absolute Gasteiger partial charge is 0.141 e. The highest BCUT2D eigenvalue weighted by Crippen LogP contribution is 2.29.